The van der Waals surface area contributed by atoms with Gasteiger partial charge in [-0.25, -0.2) is 0 Å². The highest BCUT2D eigenvalue weighted by Crippen LogP contribution is 2.15. The van der Waals surface area contributed by atoms with Crippen LogP contribution in [0.2, 0.25) is 0 Å². The summed E-state index contributed by atoms with van der Waals surface area (Å²) in [6.07, 6.45) is 3.03. The van der Waals surface area contributed by atoms with Gasteiger partial charge in [-0.3, -0.25) is 9.78 Å². The number of carbonyl (C=O) groups excluding carboxylic acids is 1. The number of rotatable bonds is 4. The maximum atomic E-state index is 12.1. The molecule has 100 valence electrons. The summed E-state index contributed by atoms with van der Waals surface area (Å²) < 4.78 is 5.09. The Morgan fingerprint density at radius 3 is 3.05 bits per heavy atom. The number of ether oxygens (including phenoxy) is 1. The Morgan fingerprint density at radius 1 is 1.45 bits per heavy atom. The van der Waals surface area contributed by atoms with Gasteiger partial charge in [-0.2, -0.15) is 5.26 Å². The van der Waals surface area contributed by atoms with Crippen LogP contribution in [0.25, 0.3) is 0 Å². The quantitative estimate of drug-likeness (QED) is 0.917. The summed E-state index contributed by atoms with van der Waals surface area (Å²) in [5.74, 6) is 0.183. The molecule has 20 heavy (non-hydrogen) atoms. The van der Waals surface area contributed by atoms with Gasteiger partial charge in [0.05, 0.1) is 30.5 Å². The molecular formula is C15H13N3O2. The molecule has 0 atom stereocenters. The number of nitriles is 1. The number of aromatic nitrogens is 1. The normalized spacial score (nSPS) is 9.60. The van der Waals surface area contributed by atoms with Gasteiger partial charge < -0.3 is 10.1 Å². The van der Waals surface area contributed by atoms with Crippen molar-refractivity contribution >= 4 is 5.91 Å². The average molecular weight is 267 g/mol. The van der Waals surface area contributed by atoms with Crippen LogP contribution in [0.5, 0.6) is 5.75 Å². The summed E-state index contributed by atoms with van der Waals surface area (Å²) in [6, 6.07) is 10.8. The average Bonchev–Trinajstić information content (AvgIpc) is 2.52. The molecule has 1 heterocycles. The Morgan fingerprint density at radius 2 is 2.30 bits per heavy atom. The van der Waals surface area contributed by atoms with Crippen LogP contribution < -0.4 is 10.1 Å². The Hall–Kier alpha value is -2.87. The van der Waals surface area contributed by atoms with Gasteiger partial charge in [0.15, 0.2) is 0 Å². The SMILES string of the molecule is COc1cnccc1C(=O)NCc1cccc(C#N)c1. The fourth-order valence-electron chi connectivity index (χ4n) is 1.76. The Balaban J connectivity index is 2.07. The first-order valence-electron chi connectivity index (χ1n) is 6.00. The van der Waals surface area contributed by atoms with E-state index in [0.717, 1.165) is 5.56 Å². The lowest BCUT2D eigenvalue weighted by molar-refractivity contribution is 0.0947. The Kier molecular flexibility index (Phi) is 4.30. The molecule has 0 saturated carbocycles. The predicted octanol–water partition coefficient (Wildman–Crippen LogP) is 1.89. The zero-order valence-corrected chi connectivity index (χ0v) is 11.0. The summed E-state index contributed by atoms with van der Waals surface area (Å²) in [5.41, 5.74) is 1.86. The second-order valence-corrected chi connectivity index (χ2v) is 4.07. The molecular weight excluding hydrogens is 254 g/mol. The minimum absolute atomic E-state index is 0.244. The molecule has 1 amide bonds. The van der Waals surface area contributed by atoms with E-state index in [1.54, 1.807) is 24.3 Å². The molecule has 5 nitrogen and oxygen atoms in total. The number of benzene rings is 1. The van der Waals surface area contributed by atoms with Crippen LogP contribution in [0, 0.1) is 11.3 Å². The summed E-state index contributed by atoms with van der Waals surface area (Å²) >= 11 is 0. The summed E-state index contributed by atoms with van der Waals surface area (Å²) in [5, 5.41) is 11.6. The molecule has 1 aromatic carbocycles. The molecule has 0 unspecified atom stereocenters. The van der Waals surface area contributed by atoms with Gasteiger partial charge >= 0.3 is 0 Å². The Labute approximate surface area is 116 Å². The van der Waals surface area contributed by atoms with Crippen molar-refractivity contribution in [1.29, 1.82) is 5.26 Å². The fraction of sp³-hybridized carbons (Fsp3) is 0.133. The van der Waals surface area contributed by atoms with Gasteiger partial charge in [-0.1, -0.05) is 12.1 Å². The largest absolute Gasteiger partial charge is 0.494 e. The van der Waals surface area contributed by atoms with Gasteiger partial charge in [0.1, 0.15) is 5.75 Å². The molecule has 0 aliphatic carbocycles. The molecule has 5 heteroatoms. The number of methoxy groups -OCH3 is 1. The number of pyridine rings is 1. The number of amides is 1. The van der Waals surface area contributed by atoms with Crippen molar-refractivity contribution in [2.75, 3.05) is 7.11 Å². The van der Waals surface area contributed by atoms with E-state index in [0.29, 0.717) is 23.4 Å². The predicted molar refractivity (Wildman–Crippen MR) is 73.1 cm³/mol. The van der Waals surface area contributed by atoms with E-state index in [-0.39, 0.29) is 5.91 Å². The van der Waals surface area contributed by atoms with Crippen molar-refractivity contribution in [3.05, 3.63) is 59.4 Å². The zero-order valence-electron chi connectivity index (χ0n) is 11.0. The lowest BCUT2D eigenvalue weighted by Gasteiger charge is -2.08. The minimum atomic E-state index is -0.244. The van der Waals surface area contributed by atoms with Crippen LogP contribution in [-0.2, 0) is 6.54 Å². The van der Waals surface area contributed by atoms with E-state index >= 15 is 0 Å². The van der Waals surface area contributed by atoms with Crippen molar-refractivity contribution in [2.24, 2.45) is 0 Å². The minimum Gasteiger partial charge on any atom is -0.494 e. The van der Waals surface area contributed by atoms with E-state index < -0.39 is 0 Å². The monoisotopic (exact) mass is 267 g/mol. The molecule has 1 N–H and O–H groups in total. The highest BCUT2D eigenvalue weighted by atomic mass is 16.5. The van der Waals surface area contributed by atoms with E-state index in [4.69, 9.17) is 10.00 Å². The van der Waals surface area contributed by atoms with Crippen LogP contribution in [-0.4, -0.2) is 18.0 Å². The third-order valence-electron chi connectivity index (χ3n) is 2.76. The zero-order chi connectivity index (χ0) is 14.4. The van der Waals surface area contributed by atoms with Crippen LogP contribution >= 0.6 is 0 Å². The van der Waals surface area contributed by atoms with Crippen molar-refractivity contribution in [2.45, 2.75) is 6.54 Å². The van der Waals surface area contributed by atoms with Crippen molar-refractivity contribution in [3.8, 4) is 11.8 Å². The van der Waals surface area contributed by atoms with E-state index in [2.05, 4.69) is 16.4 Å². The maximum Gasteiger partial charge on any atom is 0.255 e. The van der Waals surface area contributed by atoms with Crippen LogP contribution in [0.1, 0.15) is 21.5 Å². The lowest BCUT2D eigenvalue weighted by atomic mass is 10.1. The molecule has 0 aliphatic heterocycles. The molecule has 1 aromatic heterocycles. The smallest absolute Gasteiger partial charge is 0.255 e. The van der Waals surface area contributed by atoms with Gasteiger partial charge in [0.2, 0.25) is 0 Å². The lowest BCUT2D eigenvalue weighted by Crippen LogP contribution is -2.23. The Bertz CT molecular complexity index is 662. The van der Waals surface area contributed by atoms with E-state index in [1.807, 2.05) is 6.07 Å². The van der Waals surface area contributed by atoms with Crippen LogP contribution in [0.15, 0.2) is 42.7 Å². The molecule has 0 saturated heterocycles. The summed E-state index contributed by atoms with van der Waals surface area (Å²) in [6.45, 7) is 0.347. The highest BCUT2D eigenvalue weighted by Gasteiger charge is 2.11. The highest BCUT2D eigenvalue weighted by molar-refractivity contribution is 5.96. The first-order chi connectivity index (χ1) is 9.74. The second-order valence-electron chi connectivity index (χ2n) is 4.07. The third-order valence-corrected chi connectivity index (χ3v) is 2.76. The number of nitrogens with one attached hydrogen (secondary N) is 1. The van der Waals surface area contributed by atoms with Crippen LogP contribution in [0.3, 0.4) is 0 Å². The summed E-state index contributed by atoms with van der Waals surface area (Å²) in [4.78, 5) is 16.0. The molecule has 0 bridgehead atoms. The first kappa shape index (κ1) is 13.6. The number of hydrogen-bond acceptors (Lipinski definition) is 4. The molecule has 2 rings (SSSR count). The van der Waals surface area contributed by atoms with E-state index in [1.165, 1.54) is 19.5 Å². The van der Waals surface area contributed by atoms with Gasteiger partial charge in [0, 0.05) is 12.7 Å². The third kappa shape index (κ3) is 3.12. The fourth-order valence-corrected chi connectivity index (χ4v) is 1.76. The van der Waals surface area contributed by atoms with Gasteiger partial charge in [-0.05, 0) is 23.8 Å². The molecule has 0 aliphatic rings. The number of nitrogens with zero attached hydrogens (tertiary/aromatic N) is 2. The molecule has 0 fully saturated rings. The molecule has 0 radical (unpaired) electrons. The molecule has 0 spiro atoms. The van der Waals surface area contributed by atoms with Gasteiger partial charge in [0.25, 0.3) is 5.91 Å². The van der Waals surface area contributed by atoms with Crippen molar-refractivity contribution in [1.82, 2.24) is 10.3 Å². The first-order valence-corrected chi connectivity index (χ1v) is 6.00. The second kappa shape index (κ2) is 6.34. The molecule has 2 aromatic rings. The maximum absolute atomic E-state index is 12.1. The van der Waals surface area contributed by atoms with Gasteiger partial charge in [-0.15, -0.1) is 0 Å². The topological polar surface area (TPSA) is 75.0 Å². The summed E-state index contributed by atoms with van der Waals surface area (Å²) in [7, 11) is 1.49. The van der Waals surface area contributed by atoms with Crippen molar-refractivity contribution in [3.63, 3.8) is 0 Å². The van der Waals surface area contributed by atoms with Crippen molar-refractivity contribution < 1.29 is 9.53 Å². The standard InChI is InChI=1S/C15H13N3O2/c1-20-14-10-17-6-5-13(14)15(19)18-9-12-4-2-3-11(7-12)8-16/h2-7,10H,9H2,1H3,(H,18,19). The van der Waals surface area contributed by atoms with Crippen LogP contribution in [0.4, 0.5) is 0 Å². The number of hydrogen-bond donors (Lipinski definition) is 1. The van der Waals surface area contributed by atoms with E-state index in [9.17, 15) is 4.79 Å². The number of carbonyl (C=O) groups is 1.